The molecule has 1 N–H and O–H groups in total. The number of rotatable bonds is 4. The van der Waals surface area contributed by atoms with Crippen LogP contribution in [0.5, 0.6) is 0 Å². The zero-order valence-corrected chi connectivity index (χ0v) is 13.3. The van der Waals surface area contributed by atoms with Gasteiger partial charge in [0.1, 0.15) is 0 Å². The summed E-state index contributed by atoms with van der Waals surface area (Å²) in [4.78, 5) is 0. The first kappa shape index (κ1) is 16.0. The number of benzene rings is 1. The van der Waals surface area contributed by atoms with Gasteiger partial charge in [0, 0.05) is 12.7 Å². The van der Waals surface area contributed by atoms with Crippen LogP contribution in [0.2, 0.25) is 10.0 Å². The molecule has 0 atom stereocenters. The Hall–Kier alpha value is -1.33. The van der Waals surface area contributed by atoms with E-state index in [1.807, 2.05) is 40.9 Å². The second kappa shape index (κ2) is 7.09. The highest BCUT2D eigenvalue weighted by Gasteiger charge is 2.06. The fraction of sp³-hybridized carbons (Fsp3) is 0.143. The number of aromatic nitrogens is 3. The Balaban J connectivity index is 0.00000161. The highest BCUT2D eigenvalue weighted by atomic mass is 35.5. The Morgan fingerprint density at radius 2 is 1.86 bits per heavy atom. The van der Waals surface area contributed by atoms with E-state index in [1.165, 1.54) is 0 Å². The number of nitrogens with one attached hydrogen (secondary N) is 1. The van der Waals surface area contributed by atoms with Crippen molar-refractivity contribution in [2.45, 2.75) is 13.1 Å². The normalized spacial score (nSPS) is 10.6. The number of fused-ring (bicyclic) bond motifs is 1. The van der Waals surface area contributed by atoms with Crippen molar-refractivity contribution >= 4 is 41.3 Å². The molecule has 3 rings (SSSR count). The summed E-state index contributed by atoms with van der Waals surface area (Å²) in [5.41, 5.74) is 1.80. The smallest absolute Gasteiger partial charge is 0.160 e. The first-order valence-corrected chi connectivity index (χ1v) is 6.93. The minimum atomic E-state index is 0. The van der Waals surface area contributed by atoms with E-state index in [9.17, 15) is 0 Å². The lowest BCUT2D eigenvalue weighted by Crippen LogP contribution is -2.15. The monoisotopic (exact) mass is 342 g/mol. The van der Waals surface area contributed by atoms with Crippen molar-refractivity contribution < 1.29 is 0 Å². The molecule has 21 heavy (non-hydrogen) atoms. The molecule has 0 aliphatic rings. The van der Waals surface area contributed by atoms with Crippen LogP contribution >= 0.6 is 35.6 Å². The molecule has 0 saturated carbocycles. The van der Waals surface area contributed by atoms with Crippen LogP contribution in [0, 0.1) is 0 Å². The average molecular weight is 344 g/mol. The maximum absolute atomic E-state index is 6.14. The van der Waals surface area contributed by atoms with Gasteiger partial charge < -0.3 is 5.32 Å². The number of hydrogen-bond donors (Lipinski definition) is 1. The van der Waals surface area contributed by atoms with E-state index in [0.29, 0.717) is 23.1 Å². The molecule has 0 radical (unpaired) electrons. The number of halogens is 3. The van der Waals surface area contributed by atoms with Gasteiger partial charge in [0.05, 0.1) is 16.6 Å². The molecule has 0 aliphatic heterocycles. The SMILES string of the molecule is Cl.Clc1cccc(CNCc2nnc3ccccn23)c1Cl. The molecule has 0 bridgehead atoms. The van der Waals surface area contributed by atoms with Crippen LogP contribution in [-0.4, -0.2) is 14.6 Å². The van der Waals surface area contributed by atoms with Crippen molar-refractivity contribution in [2.24, 2.45) is 0 Å². The van der Waals surface area contributed by atoms with Gasteiger partial charge in [-0.25, -0.2) is 0 Å². The van der Waals surface area contributed by atoms with E-state index < -0.39 is 0 Å². The van der Waals surface area contributed by atoms with Crippen LogP contribution in [0.15, 0.2) is 42.6 Å². The van der Waals surface area contributed by atoms with Crippen molar-refractivity contribution in [3.63, 3.8) is 0 Å². The average Bonchev–Trinajstić information content (AvgIpc) is 2.87. The van der Waals surface area contributed by atoms with E-state index in [0.717, 1.165) is 17.0 Å². The van der Waals surface area contributed by atoms with Gasteiger partial charge >= 0.3 is 0 Å². The lowest BCUT2D eigenvalue weighted by atomic mass is 10.2. The summed E-state index contributed by atoms with van der Waals surface area (Å²) in [5.74, 6) is 0.860. The van der Waals surface area contributed by atoms with Crippen LogP contribution in [0.4, 0.5) is 0 Å². The van der Waals surface area contributed by atoms with Gasteiger partial charge in [-0.1, -0.05) is 41.4 Å². The molecule has 0 amide bonds. The maximum atomic E-state index is 6.14. The molecule has 4 nitrogen and oxygen atoms in total. The Kier molecular flexibility index (Phi) is 5.42. The first-order valence-electron chi connectivity index (χ1n) is 6.18. The lowest BCUT2D eigenvalue weighted by molar-refractivity contribution is 0.657. The van der Waals surface area contributed by atoms with Gasteiger partial charge in [-0.2, -0.15) is 0 Å². The van der Waals surface area contributed by atoms with Crippen LogP contribution in [-0.2, 0) is 13.1 Å². The molecule has 110 valence electrons. The zero-order chi connectivity index (χ0) is 13.9. The standard InChI is InChI=1S/C14H12Cl2N4.ClH/c15-11-5-3-4-10(14(11)16)8-17-9-13-19-18-12-6-1-2-7-20(12)13;/h1-7,17H,8-9H2;1H. The highest BCUT2D eigenvalue weighted by Crippen LogP contribution is 2.25. The molecule has 2 heterocycles. The third kappa shape index (κ3) is 3.47. The summed E-state index contributed by atoms with van der Waals surface area (Å²) in [5, 5.41) is 12.7. The summed E-state index contributed by atoms with van der Waals surface area (Å²) in [6, 6.07) is 11.4. The van der Waals surface area contributed by atoms with Crippen LogP contribution in [0.3, 0.4) is 0 Å². The molecular formula is C14H13Cl3N4. The van der Waals surface area contributed by atoms with Crippen LogP contribution < -0.4 is 5.32 Å². The molecule has 1 aromatic carbocycles. The molecule has 0 fully saturated rings. The molecular weight excluding hydrogens is 331 g/mol. The van der Waals surface area contributed by atoms with E-state index in [1.54, 1.807) is 6.07 Å². The third-order valence-electron chi connectivity index (χ3n) is 3.01. The third-order valence-corrected chi connectivity index (χ3v) is 3.87. The van der Waals surface area contributed by atoms with Crippen LogP contribution in [0.1, 0.15) is 11.4 Å². The second-order valence-electron chi connectivity index (χ2n) is 4.36. The van der Waals surface area contributed by atoms with Gasteiger partial charge in [0.15, 0.2) is 11.5 Å². The fourth-order valence-electron chi connectivity index (χ4n) is 2.01. The van der Waals surface area contributed by atoms with Gasteiger partial charge in [0.25, 0.3) is 0 Å². The topological polar surface area (TPSA) is 42.2 Å². The maximum Gasteiger partial charge on any atom is 0.160 e. The molecule has 7 heteroatoms. The van der Waals surface area contributed by atoms with Crippen molar-refractivity contribution in [3.8, 4) is 0 Å². The minimum absolute atomic E-state index is 0. The zero-order valence-electron chi connectivity index (χ0n) is 11.0. The van der Waals surface area contributed by atoms with E-state index in [4.69, 9.17) is 23.2 Å². The summed E-state index contributed by atoms with van der Waals surface area (Å²) in [7, 11) is 0. The van der Waals surface area contributed by atoms with Crippen molar-refractivity contribution in [1.29, 1.82) is 0 Å². The van der Waals surface area contributed by atoms with E-state index in [-0.39, 0.29) is 12.4 Å². The molecule has 3 aromatic rings. The summed E-state index contributed by atoms with van der Waals surface area (Å²) in [6.07, 6.45) is 1.94. The second-order valence-corrected chi connectivity index (χ2v) is 5.15. The molecule has 0 saturated heterocycles. The van der Waals surface area contributed by atoms with E-state index in [2.05, 4.69) is 15.5 Å². The Labute approximate surface area is 138 Å². The predicted molar refractivity (Wildman–Crippen MR) is 87.2 cm³/mol. The number of nitrogens with zero attached hydrogens (tertiary/aromatic N) is 3. The van der Waals surface area contributed by atoms with Crippen molar-refractivity contribution in [1.82, 2.24) is 19.9 Å². The quantitative estimate of drug-likeness (QED) is 0.784. The molecule has 2 aromatic heterocycles. The Morgan fingerprint density at radius 3 is 2.71 bits per heavy atom. The Morgan fingerprint density at radius 1 is 1.00 bits per heavy atom. The van der Waals surface area contributed by atoms with Gasteiger partial charge in [-0.15, -0.1) is 22.6 Å². The van der Waals surface area contributed by atoms with E-state index >= 15 is 0 Å². The van der Waals surface area contributed by atoms with Gasteiger partial charge in [0.2, 0.25) is 0 Å². The molecule has 0 unspecified atom stereocenters. The summed E-state index contributed by atoms with van der Waals surface area (Å²) >= 11 is 12.1. The minimum Gasteiger partial charge on any atom is -0.306 e. The van der Waals surface area contributed by atoms with Gasteiger partial charge in [-0.3, -0.25) is 4.40 Å². The number of pyridine rings is 1. The van der Waals surface area contributed by atoms with Gasteiger partial charge in [-0.05, 0) is 23.8 Å². The summed E-state index contributed by atoms with van der Waals surface area (Å²) in [6.45, 7) is 1.23. The van der Waals surface area contributed by atoms with Crippen molar-refractivity contribution in [2.75, 3.05) is 0 Å². The van der Waals surface area contributed by atoms with Crippen molar-refractivity contribution in [3.05, 3.63) is 64.0 Å². The van der Waals surface area contributed by atoms with Crippen LogP contribution in [0.25, 0.3) is 5.65 Å². The summed E-state index contributed by atoms with van der Waals surface area (Å²) < 4.78 is 1.95. The molecule has 0 aliphatic carbocycles. The number of hydrogen-bond acceptors (Lipinski definition) is 3. The first-order chi connectivity index (χ1) is 9.75. The largest absolute Gasteiger partial charge is 0.306 e. The Bertz CT molecular complexity index is 742. The highest BCUT2D eigenvalue weighted by molar-refractivity contribution is 6.42. The molecule has 0 spiro atoms. The fourth-order valence-corrected chi connectivity index (χ4v) is 2.39. The lowest BCUT2D eigenvalue weighted by Gasteiger charge is -2.07. The predicted octanol–water partition coefficient (Wildman–Crippen LogP) is 3.75.